The van der Waals surface area contributed by atoms with E-state index in [-0.39, 0.29) is 23.9 Å². The third-order valence-electron chi connectivity index (χ3n) is 5.29. The van der Waals surface area contributed by atoms with Crippen molar-refractivity contribution in [3.63, 3.8) is 0 Å². The highest BCUT2D eigenvalue weighted by molar-refractivity contribution is 7.89. The largest absolute Gasteiger partial charge is 0.381 e. The van der Waals surface area contributed by atoms with Gasteiger partial charge in [-0.15, -0.1) is 0 Å². The molecule has 0 bridgehead atoms. The summed E-state index contributed by atoms with van der Waals surface area (Å²) in [5.74, 6) is -0.346. The molecule has 136 valence electrons. The number of aliphatic hydroxyl groups excluding tert-OH is 1. The van der Waals surface area contributed by atoms with Crippen molar-refractivity contribution < 1.29 is 18.3 Å². The van der Waals surface area contributed by atoms with Gasteiger partial charge < -0.3 is 10.0 Å². The average Bonchev–Trinajstić information content (AvgIpc) is 2.60. The lowest BCUT2D eigenvalue weighted by molar-refractivity contribution is -0.205. The Morgan fingerprint density at radius 1 is 1.08 bits per heavy atom. The topological polar surface area (TPSA) is 77.9 Å². The maximum Gasteiger partial charge on any atom is 0.254 e. The van der Waals surface area contributed by atoms with Crippen molar-refractivity contribution in [1.82, 2.24) is 9.21 Å². The summed E-state index contributed by atoms with van der Waals surface area (Å²) in [4.78, 5) is 14.0. The van der Waals surface area contributed by atoms with Gasteiger partial charge >= 0.3 is 0 Å². The van der Waals surface area contributed by atoms with Crippen molar-refractivity contribution in [2.75, 3.05) is 13.1 Å². The number of aryl methyl sites for hydroxylation is 1. The van der Waals surface area contributed by atoms with E-state index in [1.807, 2.05) is 37.3 Å². The van der Waals surface area contributed by atoms with Crippen LogP contribution in [0.5, 0.6) is 0 Å². The molecule has 2 aliphatic heterocycles. The number of hydrogen-bond donors (Lipinski definition) is 1. The predicted octanol–water partition coefficient (Wildman–Crippen LogP) is 1.14. The van der Waals surface area contributed by atoms with Crippen molar-refractivity contribution in [3.05, 3.63) is 65.7 Å². The first-order valence-corrected chi connectivity index (χ1v) is 9.89. The van der Waals surface area contributed by atoms with Crippen LogP contribution < -0.4 is 0 Å². The summed E-state index contributed by atoms with van der Waals surface area (Å²) < 4.78 is 26.8. The molecule has 0 saturated carbocycles. The summed E-state index contributed by atoms with van der Waals surface area (Å²) in [7, 11) is -3.62. The Hall–Kier alpha value is -2.22. The summed E-state index contributed by atoms with van der Waals surface area (Å²) in [6, 6.07) is 16.2. The highest BCUT2D eigenvalue weighted by Crippen LogP contribution is 2.43. The summed E-state index contributed by atoms with van der Waals surface area (Å²) in [6.45, 7) is 2.49. The second-order valence-electron chi connectivity index (χ2n) is 7.00. The molecular formula is C19H20N2O4S. The third-order valence-corrected chi connectivity index (χ3v) is 7.09. The Kier molecular flexibility index (Phi) is 3.91. The van der Waals surface area contributed by atoms with E-state index < -0.39 is 21.7 Å². The van der Waals surface area contributed by atoms with E-state index in [4.69, 9.17) is 0 Å². The first-order valence-electron chi connectivity index (χ1n) is 8.45. The predicted molar refractivity (Wildman–Crippen MR) is 95.7 cm³/mol. The van der Waals surface area contributed by atoms with Gasteiger partial charge in [-0.3, -0.25) is 4.79 Å². The summed E-state index contributed by atoms with van der Waals surface area (Å²) >= 11 is 0. The molecule has 4 rings (SSSR count). The van der Waals surface area contributed by atoms with Crippen LogP contribution in [0.1, 0.15) is 11.1 Å². The van der Waals surface area contributed by atoms with Gasteiger partial charge in [0.1, 0.15) is 5.54 Å². The van der Waals surface area contributed by atoms with Crippen LogP contribution in [0.15, 0.2) is 59.5 Å². The minimum Gasteiger partial charge on any atom is -0.381 e. The minimum absolute atomic E-state index is 0.114. The highest BCUT2D eigenvalue weighted by Gasteiger charge is 2.67. The fourth-order valence-corrected chi connectivity index (χ4v) is 5.18. The van der Waals surface area contributed by atoms with Gasteiger partial charge in [-0.25, -0.2) is 8.42 Å². The molecule has 1 amide bonds. The average molecular weight is 372 g/mol. The zero-order valence-electron chi connectivity index (χ0n) is 14.4. The fourth-order valence-electron chi connectivity index (χ4n) is 3.62. The number of rotatable bonds is 4. The van der Waals surface area contributed by atoms with Gasteiger partial charge in [0.2, 0.25) is 10.0 Å². The second-order valence-corrected chi connectivity index (χ2v) is 8.94. The second kappa shape index (κ2) is 5.90. The van der Waals surface area contributed by atoms with Crippen LogP contribution in [-0.4, -0.2) is 53.4 Å². The lowest BCUT2D eigenvalue weighted by atomic mass is 9.75. The minimum atomic E-state index is -3.62. The molecule has 1 unspecified atom stereocenters. The van der Waals surface area contributed by atoms with Crippen LogP contribution in [0.2, 0.25) is 0 Å². The van der Waals surface area contributed by atoms with Crippen molar-refractivity contribution in [1.29, 1.82) is 0 Å². The summed E-state index contributed by atoms with van der Waals surface area (Å²) in [6.07, 6.45) is -1.14. The summed E-state index contributed by atoms with van der Waals surface area (Å²) in [5, 5.41) is 10.2. The van der Waals surface area contributed by atoms with E-state index >= 15 is 0 Å². The van der Waals surface area contributed by atoms with Gasteiger partial charge in [-0.1, -0.05) is 48.0 Å². The summed E-state index contributed by atoms with van der Waals surface area (Å²) in [5.41, 5.74) is 1.12. The van der Waals surface area contributed by atoms with E-state index in [1.165, 1.54) is 4.31 Å². The van der Waals surface area contributed by atoms with Crippen molar-refractivity contribution in [2.24, 2.45) is 0 Å². The van der Waals surface area contributed by atoms with Crippen LogP contribution in [0.3, 0.4) is 0 Å². The van der Waals surface area contributed by atoms with Gasteiger partial charge in [0.15, 0.2) is 6.10 Å². The normalized spacial score (nSPS) is 22.2. The van der Waals surface area contributed by atoms with Crippen LogP contribution in [0.25, 0.3) is 0 Å². The number of benzene rings is 2. The van der Waals surface area contributed by atoms with E-state index in [0.29, 0.717) is 6.54 Å². The quantitative estimate of drug-likeness (QED) is 0.817. The number of amides is 1. The molecule has 2 aromatic rings. The first-order chi connectivity index (χ1) is 12.3. The Bertz CT molecular complexity index is 935. The number of sulfonamides is 1. The Labute approximate surface area is 152 Å². The van der Waals surface area contributed by atoms with Gasteiger partial charge in [0.05, 0.1) is 4.90 Å². The van der Waals surface area contributed by atoms with E-state index in [1.54, 1.807) is 29.2 Å². The van der Waals surface area contributed by atoms with Crippen LogP contribution in [0.4, 0.5) is 0 Å². The number of hydrogen-bond acceptors (Lipinski definition) is 4. The molecule has 0 radical (unpaired) electrons. The molecule has 7 heteroatoms. The molecule has 0 aromatic heterocycles. The number of nitrogens with zero attached hydrogens (tertiary/aromatic N) is 2. The van der Waals surface area contributed by atoms with Crippen LogP contribution in [0, 0.1) is 6.92 Å². The van der Waals surface area contributed by atoms with Crippen molar-refractivity contribution in [3.8, 4) is 0 Å². The van der Waals surface area contributed by atoms with Crippen molar-refractivity contribution in [2.45, 2.75) is 30.0 Å². The Balaban J connectivity index is 1.52. The number of carbonyl (C=O) groups excluding carboxylic acids is 1. The zero-order valence-corrected chi connectivity index (χ0v) is 15.2. The molecule has 1 atom stereocenters. The monoisotopic (exact) mass is 372 g/mol. The third kappa shape index (κ3) is 2.46. The number of likely N-dealkylation sites (tertiary alicyclic amines) is 1. The molecule has 2 aliphatic rings. The SMILES string of the molecule is Cc1ccc(S(=O)(=O)N2CC3(C2)C(O)C(=O)N3Cc2ccccc2)cc1. The number of carbonyl (C=O) groups is 1. The molecule has 1 spiro atoms. The zero-order chi connectivity index (χ0) is 18.5. The van der Waals surface area contributed by atoms with Gasteiger partial charge in [-0.2, -0.15) is 4.31 Å². The van der Waals surface area contributed by atoms with Gasteiger partial charge in [0, 0.05) is 19.6 Å². The number of β-lactam (4-membered cyclic amide) rings is 1. The van der Waals surface area contributed by atoms with E-state index in [0.717, 1.165) is 11.1 Å². The van der Waals surface area contributed by atoms with Crippen molar-refractivity contribution >= 4 is 15.9 Å². The van der Waals surface area contributed by atoms with Gasteiger partial charge in [0.25, 0.3) is 5.91 Å². The molecule has 1 N–H and O–H groups in total. The van der Waals surface area contributed by atoms with E-state index in [2.05, 4.69) is 0 Å². The number of aliphatic hydroxyl groups is 1. The van der Waals surface area contributed by atoms with E-state index in [9.17, 15) is 18.3 Å². The molecule has 2 heterocycles. The molecule has 2 saturated heterocycles. The Morgan fingerprint density at radius 3 is 2.31 bits per heavy atom. The fraction of sp³-hybridized carbons (Fsp3) is 0.316. The molecular weight excluding hydrogens is 352 g/mol. The molecule has 2 fully saturated rings. The molecule has 6 nitrogen and oxygen atoms in total. The lowest BCUT2D eigenvalue weighted by Crippen LogP contribution is -2.86. The Morgan fingerprint density at radius 2 is 1.69 bits per heavy atom. The van der Waals surface area contributed by atoms with Crippen LogP contribution >= 0.6 is 0 Å². The standard InChI is InChI=1S/C19H20N2O4S/c1-14-7-9-16(10-8-14)26(24,25)20-12-19(13-20)17(22)18(23)21(19)11-15-5-3-2-4-6-15/h2-10,17,22H,11-13H2,1H3. The van der Waals surface area contributed by atoms with Crippen LogP contribution in [-0.2, 0) is 21.4 Å². The smallest absolute Gasteiger partial charge is 0.254 e. The maximum absolute atomic E-state index is 12.7. The molecule has 26 heavy (non-hydrogen) atoms. The molecule has 2 aromatic carbocycles. The lowest BCUT2D eigenvalue weighted by Gasteiger charge is -2.63. The van der Waals surface area contributed by atoms with Gasteiger partial charge in [-0.05, 0) is 24.6 Å². The first kappa shape index (κ1) is 17.2. The maximum atomic E-state index is 12.7. The molecule has 0 aliphatic carbocycles. The highest BCUT2D eigenvalue weighted by atomic mass is 32.2.